The van der Waals surface area contributed by atoms with E-state index in [1.807, 2.05) is 0 Å². The molecule has 1 nitrogen and oxygen atoms in total. The van der Waals surface area contributed by atoms with Crippen LogP contribution in [0.15, 0.2) is 0 Å². The van der Waals surface area contributed by atoms with Crippen LogP contribution in [0.1, 0.15) is 13.3 Å². The van der Waals surface area contributed by atoms with Gasteiger partial charge in [-0.3, -0.25) is 0 Å². The number of halogens is 2. The second-order valence-electron chi connectivity index (χ2n) is 2.99. The van der Waals surface area contributed by atoms with Crippen LogP contribution in [-0.2, 0) is 20.9 Å². The number of rotatable bonds is 5. The van der Waals surface area contributed by atoms with Crippen molar-refractivity contribution in [1.82, 2.24) is 0 Å². The van der Waals surface area contributed by atoms with Crippen LogP contribution >= 0.6 is 0 Å². The molecule has 0 aliphatic carbocycles. The van der Waals surface area contributed by atoms with Gasteiger partial charge in [-0.15, -0.1) is 0 Å². The van der Waals surface area contributed by atoms with Crippen molar-refractivity contribution >= 4 is 5.92 Å². The van der Waals surface area contributed by atoms with Crippen LogP contribution in [0, 0.1) is 0 Å². The first kappa shape index (κ1) is 19.2. The summed E-state index contributed by atoms with van der Waals surface area (Å²) in [5.41, 5.74) is 0. The summed E-state index contributed by atoms with van der Waals surface area (Å²) in [6, 6.07) is 0. The molecule has 0 saturated carbocycles. The van der Waals surface area contributed by atoms with E-state index >= 15 is 0 Å². The smallest absolute Gasteiger partial charge is 1.00 e. The molecule has 75 valence electrons. The van der Waals surface area contributed by atoms with E-state index < -0.39 is 20.9 Å². The summed E-state index contributed by atoms with van der Waals surface area (Å²) in [6.07, 6.45) is 1.09. The van der Waals surface area contributed by atoms with Crippen LogP contribution in [0.4, 0.5) is 0 Å². The third kappa shape index (κ3) is 9.73. The summed E-state index contributed by atoms with van der Waals surface area (Å²) in [7, 11) is 0. The zero-order valence-electron chi connectivity index (χ0n) is 8.11. The first-order valence-corrected chi connectivity index (χ1v) is 14.8. The van der Waals surface area contributed by atoms with E-state index in [0.717, 1.165) is 6.42 Å². The molecule has 0 atom stereocenters. The molecule has 0 aromatic heterocycles. The Morgan fingerprint density at radius 2 is 1.75 bits per heavy atom. The molecular weight excluding hydrogens is 290 g/mol. The third-order valence-corrected chi connectivity index (χ3v) is 24.4. The second kappa shape index (κ2) is 12.6. The van der Waals surface area contributed by atoms with Gasteiger partial charge < -0.3 is 24.8 Å². The van der Waals surface area contributed by atoms with Crippen molar-refractivity contribution in [1.29, 1.82) is 0 Å². The van der Waals surface area contributed by atoms with E-state index in [-0.39, 0.29) is 30.7 Å². The normalized spacial score (nSPS) is 8.75. The standard InChI is InChI=1S/C3H7O.C2H7Si.C2H5.2ClH.Zr/c1-2-3-4;1-3-2;1-2;;;/h4H,1-3H2;3H,1-2H3;1H2,2H3;2*1H;/q;;;;;+2/p-2. The Morgan fingerprint density at radius 1 is 1.25 bits per heavy atom. The first-order valence-electron chi connectivity index (χ1n) is 4.17. The Balaban J connectivity index is -0.000000405. The predicted molar refractivity (Wildman–Crippen MR) is 45.9 cm³/mol. The van der Waals surface area contributed by atoms with Crippen molar-refractivity contribution in [3.05, 3.63) is 0 Å². The molecule has 0 unspecified atom stereocenters. The minimum Gasteiger partial charge on any atom is -1.00 e. The van der Waals surface area contributed by atoms with E-state index in [2.05, 4.69) is 20.0 Å². The van der Waals surface area contributed by atoms with Crippen molar-refractivity contribution in [2.45, 2.75) is 34.7 Å². The Bertz CT molecular complexity index is 85.8. The van der Waals surface area contributed by atoms with E-state index in [1.165, 1.54) is 8.26 Å². The maximum absolute atomic E-state index is 8.64. The molecule has 0 spiro atoms. The van der Waals surface area contributed by atoms with Gasteiger partial charge in [0.2, 0.25) is 0 Å². The van der Waals surface area contributed by atoms with Crippen molar-refractivity contribution in [3.63, 3.8) is 0 Å². The Morgan fingerprint density at radius 3 is 2.00 bits per heavy atom. The summed E-state index contributed by atoms with van der Waals surface area (Å²) >= 11 is -0.856. The first-order chi connectivity index (χ1) is 4.72. The topological polar surface area (TPSA) is 20.2 Å². The third-order valence-electron chi connectivity index (χ3n) is 1.93. The van der Waals surface area contributed by atoms with Gasteiger partial charge in [0.25, 0.3) is 0 Å². The van der Waals surface area contributed by atoms with E-state index in [4.69, 9.17) is 5.11 Å². The summed E-state index contributed by atoms with van der Waals surface area (Å²) in [4.78, 5) is 0. The average molecular weight is 309 g/mol. The summed E-state index contributed by atoms with van der Waals surface area (Å²) in [6.45, 7) is 7.73. The van der Waals surface area contributed by atoms with Gasteiger partial charge in [0.15, 0.2) is 0 Å². The molecule has 0 fully saturated rings. The quantitative estimate of drug-likeness (QED) is 0.511. The Kier molecular flexibility index (Phi) is 20.3. The van der Waals surface area contributed by atoms with E-state index in [9.17, 15) is 0 Å². The predicted octanol–water partition coefficient (Wildman–Crippen LogP) is -4.17. The van der Waals surface area contributed by atoms with Gasteiger partial charge in [-0.05, 0) is 0 Å². The van der Waals surface area contributed by atoms with Crippen LogP contribution in [0.5, 0.6) is 0 Å². The molecule has 0 aliphatic rings. The molecule has 0 rings (SSSR count). The maximum atomic E-state index is 8.64. The van der Waals surface area contributed by atoms with Crippen molar-refractivity contribution < 1.29 is 50.8 Å². The van der Waals surface area contributed by atoms with Gasteiger partial charge in [0, 0.05) is 0 Å². The Hall–Kier alpha value is 1.64. The molecule has 0 radical (unpaired) electrons. The number of aliphatic hydroxyl groups excluding tert-OH is 1. The summed E-state index contributed by atoms with van der Waals surface area (Å²) in [5, 5.41) is 8.64. The molecule has 5 heteroatoms. The fourth-order valence-electron chi connectivity index (χ4n) is 1.18. The fourth-order valence-corrected chi connectivity index (χ4v) is 16.4. The van der Waals surface area contributed by atoms with Gasteiger partial charge in [0.05, 0.1) is 0 Å². The van der Waals surface area contributed by atoms with Crippen LogP contribution in [0.25, 0.3) is 0 Å². The maximum Gasteiger partial charge on any atom is -1.00 e. The van der Waals surface area contributed by atoms with Crippen molar-refractivity contribution in [2.75, 3.05) is 6.61 Å². The molecule has 0 saturated heterocycles. The zero-order valence-corrected chi connectivity index (χ0v) is 13.2. The van der Waals surface area contributed by atoms with Gasteiger partial charge >= 0.3 is 73.2 Å². The Labute approximate surface area is 97.4 Å². The van der Waals surface area contributed by atoms with Crippen molar-refractivity contribution in [3.8, 4) is 0 Å². The zero-order chi connectivity index (χ0) is 7.98. The van der Waals surface area contributed by atoms with Gasteiger partial charge in [-0.1, -0.05) is 0 Å². The van der Waals surface area contributed by atoms with E-state index in [1.54, 1.807) is 0 Å². The molecule has 0 amide bonds. The molecule has 0 heterocycles. The van der Waals surface area contributed by atoms with E-state index in [0.29, 0.717) is 6.61 Å². The van der Waals surface area contributed by atoms with Gasteiger partial charge in [-0.25, -0.2) is 0 Å². The molecule has 0 bridgehead atoms. The number of hydrogen-bond acceptors (Lipinski definition) is 1. The molecular formula is C7H19Cl2OSiZr. The number of hydrogen-bond donors (Lipinski definition) is 1. The van der Waals surface area contributed by atoms with Gasteiger partial charge in [0.1, 0.15) is 0 Å². The summed E-state index contributed by atoms with van der Waals surface area (Å²) in [5.74, 6) is -0.232. The summed E-state index contributed by atoms with van der Waals surface area (Å²) < 4.78 is 2.95. The van der Waals surface area contributed by atoms with Gasteiger partial charge in [-0.2, -0.15) is 0 Å². The van der Waals surface area contributed by atoms with Crippen LogP contribution in [-0.4, -0.2) is 17.6 Å². The van der Waals surface area contributed by atoms with Crippen molar-refractivity contribution in [2.24, 2.45) is 0 Å². The fraction of sp³-hybridized carbons (Fsp3) is 1.00. The minimum atomic E-state index is -0.856. The number of aliphatic hydroxyl groups is 1. The molecule has 1 N–H and O–H groups in total. The monoisotopic (exact) mass is 307 g/mol. The van der Waals surface area contributed by atoms with Crippen LogP contribution in [0.2, 0.25) is 21.4 Å². The molecule has 12 heavy (non-hydrogen) atoms. The largest absolute Gasteiger partial charge is 1.00 e. The van der Waals surface area contributed by atoms with Crippen LogP contribution in [0.3, 0.4) is 0 Å². The molecule has 0 aromatic carbocycles. The molecule has 0 aliphatic heterocycles. The average Bonchev–Trinajstić information content (AvgIpc) is 1.89. The van der Waals surface area contributed by atoms with Crippen LogP contribution < -0.4 is 24.8 Å². The SMILES string of the molecule is C[CH2][Zr+2]([CH2]CCO)[SiH](C)C.[Cl-].[Cl-]. The molecule has 0 aromatic rings. The second-order valence-corrected chi connectivity index (χ2v) is 24.9. The minimum absolute atomic E-state index is 0.